The van der Waals surface area contributed by atoms with Crippen molar-refractivity contribution < 1.29 is 8.42 Å². The highest BCUT2D eigenvalue weighted by Crippen LogP contribution is 2.23. The average molecular weight is 258 g/mol. The van der Waals surface area contributed by atoms with Crippen molar-refractivity contribution in [3.8, 4) is 0 Å². The Kier molecular flexibility index (Phi) is 3.50. The molecule has 0 saturated heterocycles. The van der Waals surface area contributed by atoms with Crippen LogP contribution in [-0.4, -0.2) is 31.2 Å². The molecule has 96 valence electrons. The van der Waals surface area contributed by atoms with Gasteiger partial charge in [-0.25, -0.2) is 13.1 Å². The highest BCUT2D eigenvalue weighted by Gasteiger charge is 2.31. The minimum Gasteiger partial charge on any atom is -0.313 e. The molecule has 0 amide bonds. The fourth-order valence-corrected chi connectivity index (χ4v) is 3.09. The quantitative estimate of drug-likeness (QED) is 0.683. The molecule has 1 aliphatic carbocycles. The van der Waals surface area contributed by atoms with Gasteiger partial charge in [-0.05, 0) is 26.3 Å². The second-order valence-electron chi connectivity index (χ2n) is 4.31. The largest absolute Gasteiger partial charge is 0.313 e. The predicted octanol–water partition coefficient (Wildman–Crippen LogP) is 0.268. The van der Waals surface area contributed by atoms with E-state index in [9.17, 15) is 8.42 Å². The maximum atomic E-state index is 12.1. The molecule has 1 heterocycles. The molecular weight excluding hydrogens is 240 g/mol. The number of hydrogen-bond donors (Lipinski definition) is 3. The SMILES string of the molecule is CCNCc1c(S(=O)(=O)NC2CC2)n[nH]c1C. The Bertz CT molecular complexity index is 490. The van der Waals surface area contributed by atoms with E-state index in [-0.39, 0.29) is 11.1 Å². The zero-order valence-corrected chi connectivity index (χ0v) is 10.9. The van der Waals surface area contributed by atoms with Gasteiger partial charge in [-0.1, -0.05) is 6.92 Å². The van der Waals surface area contributed by atoms with E-state index in [0.717, 1.165) is 30.6 Å². The van der Waals surface area contributed by atoms with Gasteiger partial charge >= 0.3 is 0 Å². The van der Waals surface area contributed by atoms with E-state index in [1.807, 2.05) is 13.8 Å². The lowest BCUT2D eigenvalue weighted by Gasteiger charge is -2.06. The summed E-state index contributed by atoms with van der Waals surface area (Å²) in [5.74, 6) is 0. The van der Waals surface area contributed by atoms with Gasteiger partial charge in [0.25, 0.3) is 10.0 Å². The number of nitrogens with zero attached hydrogens (tertiary/aromatic N) is 1. The van der Waals surface area contributed by atoms with Crippen LogP contribution >= 0.6 is 0 Å². The first kappa shape index (κ1) is 12.5. The van der Waals surface area contributed by atoms with Crippen molar-refractivity contribution in [2.24, 2.45) is 0 Å². The van der Waals surface area contributed by atoms with Crippen LogP contribution in [0.25, 0.3) is 0 Å². The highest BCUT2D eigenvalue weighted by atomic mass is 32.2. The summed E-state index contributed by atoms with van der Waals surface area (Å²) >= 11 is 0. The number of sulfonamides is 1. The van der Waals surface area contributed by atoms with Crippen LogP contribution in [0.5, 0.6) is 0 Å². The van der Waals surface area contributed by atoms with Crippen molar-refractivity contribution in [2.75, 3.05) is 6.54 Å². The van der Waals surface area contributed by atoms with Gasteiger partial charge < -0.3 is 5.32 Å². The maximum absolute atomic E-state index is 12.1. The summed E-state index contributed by atoms with van der Waals surface area (Å²) < 4.78 is 26.8. The molecule has 7 heteroatoms. The lowest BCUT2D eigenvalue weighted by atomic mass is 10.2. The first-order valence-corrected chi connectivity index (χ1v) is 7.29. The van der Waals surface area contributed by atoms with E-state index in [4.69, 9.17) is 0 Å². The molecule has 0 unspecified atom stereocenters. The van der Waals surface area contributed by atoms with E-state index in [1.165, 1.54) is 0 Å². The summed E-state index contributed by atoms with van der Waals surface area (Å²) in [6.45, 7) is 5.11. The van der Waals surface area contributed by atoms with Gasteiger partial charge in [0, 0.05) is 23.8 Å². The van der Waals surface area contributed by atoms with E-state index >= 15 is 0 Å². The summed E-state index contributed by atoms with van der Waals surface area (Å²) in [6, 6.07) is 0.101. The van der Waals surface area contributed by atoms with Gasteiger partial charge in [-0.2, -0.15) is 5.10 Å². The molecule has 0 spiro atoms. The fraction of sp³-hybridized carbons (Fsp3) is 0.700. The Labute approximate surface area is 101 Å². The standard InChI is InChI=1S/C10H18N4O2S/c1-3-11-6-9-7(2)12-13-10(9)17(15,16)14-8-4-5-8/h8,11,14H,3-6H2,1-2H3,(H,12,13). The smallest absolute Gasteiger partial charge is 0.260 e. The van der Waals surface area contributed by atoms with Crippen molar-refractivity contribution in [1.82, 2.24) is 20.2 Å². The van der Waals surface area contributed by atoms with Crippen molar-refractivity contribution in [2.45, 2.75) is 44.3 Å². The van der Waals surface area contributed by atoms with Crippen molar-refractivity contribution in [3.05, 3.63) is 11.3 Å². The zero-order chi connectivity index (χ0) is 12.5. The molecule has 0 aromatic carbocycles. The molecule has 0 bridgehead atoms. The van der Waals surface area contributed by atoms with Crippen molar-refractivity contribution >= 4 is 10.0 Å². The molecule has 1 aliphatic rings. The third kappa shape index (κ3) is 2.85. The van der Waals surface area contributed by atoms with Crippen LogP contribution in [0, 0.1) is 6.92 Å². The molecule has 1 saturated carbocycles. The van der Waals surface area contributed by atoms with E-state index in [1.54, 1.807) is 0 Å². The molecule has 1 fully saturated rings. The monoisotopic (exact) mass is 258 g/mol. The van der Waals surface area contributed by atoms with E-state index in [0.29, 0.717) is 6.54 Å². The van der Waals surface area contributed by atoms with Crippen LogP contribution < -0.4 is 10.0 Å². The minimum atomic E-state index is -3.47. The molecule has 6 nitrogen and oxygen atoms in total. The second kappa shape index (κ2) is 4.75. The number of rotatable bonds is 6. The summed E-state index contributed by atoms with van der Waals surface area (Å²) in [4.78, 5) is 0. The average Bonchev–Trinajstić information content (AvgIpc) is 2.97. The molecule has 17 heavy (non-hydrogen) atoms. The number of aromatic nitrogens is 2. The molecule has 1 aromatic rings. The van der Waals surface area contributed by atoms with Crippen LogP contribution in [-0.2, 0) is 16.6 Å². The van der Waals surface area contributed by atoms with Crippen LogP contribution in [0.15, 0.2) is 5.03 Å². The summed E-state index contributed by atoms with van der Waals surface area (Å²) in [7, 11) is -3.47. The summed E-state index contributed by atoms with van der Waals surface area (Å²) in [6.07, 6.45) is 1.84. The van der Waals surface area contributed by atoms with Crippen molar-refractivity contribution in [3.63, 3.8) is 0 Å². The molecule has 3 N–H and O–H groups in total. The third-order valence-corrected chi connectivity index (χ3v) is 4.23. The number of hydrogen-bond acceptors (Lipinski definition) is 4. The predicted molar refractivity (Wildman–Crippen MR) is 64.0 cm³/mol. The fourth-order valence-electron chi connectivity index (χ4n) is 1.59. The van der Waals surface area contributed by atoms with Gasteiger partial charge in [0.2, 0.25) is 0 Å². The van der Waals surface area contributed by atoms with Crippen molar-refractivity contribution in [1.29, 1.82) is 0 Å². The van der Waals surface area contributed by atoms with Crippen LogP contribution in [0.2, 0.25) is 0 Å². The minimum absolute atomic E-state index is 0.101. The molecule has 0 atom stereocenters. The molecule has 1 aromatic heterocycles. The maximum Gasteiger partial charge on any atom is 0.260 e. The summed E-state index contributed by atoms with van der Waals surface area (Å²) in [5.41, 5.74) is 1.52. The lowest BCUT2D eigenvalue weighted by Crippen LogP contribution is -2.27. The normalized spacial score (nSPS) is 16.4. The molecular formula is C10H18N4O2S. The topological polar surface area (TPSA) is 86.9 Å². The van der Waals surface area contributed by atoms with Gasteiger partial charge in [0.05, 0.1) is 0 Å². The second-order valence-corrected chi connectivity index (χ2v) is 5.94. The highest BCUT2D eigenvalue weighted by molar-refractivity contribution is 7.89. The Hall–Kier alpha value is -0.920. The van der Waals surface area contributed by atoms with Crippen LogP contribution in [0.3, 0.4) is 0 Å². The molecule has 0 aliphatic heterocycles. The molecule has 2 rings (SSSR count). The number of nitrogens with one attached hydrogen (secondary N) is 3. The first-order chi connectivity index (χ1) is 8.04. The number of aryl methyl sites for hydroxylation is 1. The number of H-pyrrole nitrogens is 1. The van der Waals surface area contributed by atoms with Gasteiger partial charge in [-0.3, -0.25) is 5.10 Å². The van der Waals surface area contributed by atoms with Crippen LogP contribution in [0.1, 0.15) is 31.0 Å². The Morgan fingerprint density at radius 2 is 2.18 bits per heavy atom. The van der Waals surface area contributed by atoms with Crippen LogP contribution in [0.4, 0.5) is 0 Å². The van der Waals surface area contributed by atoms with Gasteiger partial charge in [-0.15, -0.1) is 0 Å². The first-order valence-electron chi connectivity index (χ1n) is 5.81. The van der Waals surface area contributed by atoms with Gasteiger partial charge in [0.15, 0.2) is 5.03 Å². The Morgan fingerprint density at radius 1 is 1.47 bits per heavy atom. The van der Waals surface area contributed by atoms with Gasteiger partial charge in [0.1, 0.15) is 0 Å². The molecule has 0 radical (unpaired) electrons. The van der Waals surface area contributed by atoms with E-state index < -0.39 is 10.0 Å². The zero-order valence-electron chi connectivity index (χ0n) is 10.1. The number of aromatic amines is 1. The Balaban J connectivity index is 2.24. The Morgan fingerprint density at radius 3 is 2.76 bits per heavy atom. The van der Waals surface area contributed by atoms with E-state index in [2.05, 4.69) is 20.2 Å². The lowest BCUT2D eigenvalue weighted by molar-refractivity contribution is 0.574. The summed E-state index contributed by atoms with van der Waals surface area (Å²) in [5, 5.41) is 9.89. The third-order valence-electron chi connectivity index (χ3n) is 2.74.